The van der Waals surface area contributed by atoms with Gasteiger partial charge in [-0.3, -0.25) is 14.5 Å². The molecule has 1 atom stereocenters. The van der Waals surface area contributed by atoms with Crippen molar-refractivity contribution in [2.45, 2.75) is 18.6 Å². The van der Waals surface area contributed by atoms with E-state index in [0.717, 1.165) is 0 Å². The Morgan fingerprint density at radius 2 is 2.00 bits per heavy atom. The van der Waals surface area contributed by atoms with Crippen molar-refractivity contribution in [2.24, 2.45) is 4.99 Å². The first-order valence-electron chi connectivity index (χ1n) is 8.77. The van der Waals surface area contributed by atoms with Crippen molar-refractivity contribution in [3.63, 3.8) is 0 Å². The molecule has 0 unspecified atom stereocenters. The van der Waals surface area contributed by atoms with Gasteiger partial charge >= 0.3 is 0 Å². The number of benzene rings is 2. The van der Waals surface area contributed by atoms with E-state index in [-0.39, 0.29) is 18.0 Å². The average Bonchev–Trinajstić information content (AvgIpc) is 2.70. The van der Waals surface area contributed by atoms with Crippen LogP contribution in [0.2, 0.25) is 0 Å². The minimum atomic E-state index is -0.688. The molecule has 1 N–H and O–H groups in total. The lowest BCUT2D eigenvalue weighted by Gasteiger charge is -2.30. The van der Waals surface area contributed by atoms with Crippen LogP contribution in [0.3, 0.4) is 0 Å². The van der Waals surface area contributed by atoms with Gasteiger partial charge in [0, 0.05) is 13.0 Å². The topological polar surface area (TPSA) is 71.0 Å². The zero-order valence-corrected chi connectivity index (χ0v) is 16.3. The van der Waals surface area contributed by atoms with Crippen LogP contribution in [-0.2, 0) is 9.59 Å². The summed E-state index contributed by atoms with van der Waals surface area (Å²) >= 11 is 1.20. The molecule has 28 heavy (non-hydrogen) atoms. The first-order valence-corrected chi connectivity index (χ1v) is 9.65. The summed E-state index contributed by atoms with van der Waals surface area (Å²) in [6.45, 7) is 2.30. The lowest BCUT2D eigenvalue weighted by Crippen LogP contribution is -2.45. The van der Waals surface area contributed by atoms with Gasteiger partial charge in [0.25, 0.3) is 0 Å². The third-order valence-corrected chi connectivity index (χ3v) is 5.36. The second kappa shape index (κ2) is 8.88. The van der Waals surface area contributed by atoms with Crippen LogP contribution >= 0.6 is 11.8 Å². The predicted molar refractivity (Wildman–Crippen MR) is 109 cm³/mol. The molecule has 2 aromatic rings. The molecule has 2 amide bonds. The molecular formula is C20H20FN3O3S. The van der Waals surface area contributed by atoms with Gasteiger partial charge in [-0.15, -0.1) is 0 Å². The number of ether oxygens (including phenoxy) is 1. The summed E-state index contributed by atoms with van der Waals surface area (Å²) in [5, 5.41) is 2.31. The molecule has 0 aliphatic carbocycles. The minimum absolute atomic E-state index is 0.0282. The van der Waals surface area contributed by atoms with Crippen LogP contribution in [0.15, 0.2) is 53.5 Å². The molecule has 1 aliphatic rings. The number of nitrogens with zero attached hydrogens (tertiary/aromatic N) is 2. The Kier molecular flexibility index (Phi) is 6.30. The van der Waals surface area contributed by atoms with Crippen molar-refractivity contribution in [1.29, 1.82) is 0 Å². The Balaban J connectivity index is 1.81. The van der Waals surface area contributed by atoms with Crippen LogP contribution in [0.25, 0.3) is 0 Å². The maximum Gasteiger partial charge on any atom is 0.238 e. The number of methoxy groups -OCH3 is 1. The molecule has 1 fully saturated rings. The quantitative estimate of drug-likeness (QED) is 0.827. The van der Waals surface area contributed by atoms with E-state index in [1.165, 1.54) is 23.9 Å². The van der Waals surface area contributed by atoms with Crippen molar-refractivity contribution in [2.75, 3.05) is 19.0 Å². The average molecular weight is 401 g/mol. The Labute approximate surface area is 166 Å². The lowest BCUT2D eigenvalue weighted by molar-refractivity contribution is -0.129. The number of carbonyl (C=O) groups is 2. The number of aliphatic imine (C=N–C) groups is 1. The summed E-state index contributed by atoms with van der Waals surface area (Å²) in [4.78, 5) is 31.2. The standard InChI is InChI=1S/C20H20FN3O3S/c1-3-24-18(25)12-17(19(26)23-16-7-5-4-6-15(16)21)28-20(24)22-13-8-10-14(27-2)11-9-13/h4-11,17H,3,12H2,1-2H3,(H,23,26)/t17-/m1/s1. The number of anilines is 1. The smallest absolute Gasteiger partial charge is 0.238 e. The molecule has 0 aromatic heterocycles. The molecular weight excluding hydrogens is 381 g/mol. The third kappa shape index (κ3) is 4.51. The van der Waals surface area contributed by atoms with Crippen LogP contribution in [0.1, 0.15) is 13.3 Å². The summed E-state index contributed by atoms with van der Waals surface area (Å²) in [5.41, 5.74) is 0.733. The van der Waals surface area contributed by atoms with Crippen LogP contribution < -0.4 is 10.1 Å². The zero-order valence-electron chi connectivity index (χ0n) is 15.5. The van der Waals surface area contributed by atoms with Crippen LogP contribution in [0.4, 0.5) is 15.8 Å². The number of amidine groups is 1. The van der Waals surface area contributed by atoms with E-state index in [0.29, 0.717) is 23.1 Å². The van der Waals surface area contributed by atoms with Gasteiger partial charge in [0.05, 0.1) is 18.5 Å². The van der Waals surface area contributed by atoms with Gasteiger partial charge in [0.15, 0.2) is 5.17 Å². The number of amides is 2. The van der Waals surface area contributed by atoms with Crippen LogP contribution in [0.5, 0.6) is 5.75 Å². The molecule has 146 valence electrons. The number of hydrogen-bond donors (Lipinski definition) is 1. The fraction of sp³-hybridized carbons (Fsp3) is 0.250. The van der Waals surface area contributed by atoms with Crippen molar-refractivity contribution in [1.82, 2.24) is 4.90 Å². The number of rotatable bonds is 5. The number of thioether (sulfide) groups is 1. The van der Waals surface area contributed by atoms with Crippen molar-refractivity contribution >= 4 is 40.1 Å². The van der Waals surface area contributed by atoms with Gasteiger partial charge in [-0.25, -0.2) is 9.38 Å². The highest BCUT2D eigenvalue weighted by atomic mass is 32.2. The molecule has 1 saturated heterocycles. The van der Waals surface area contributed by atoms with E-state index >= 15 is 0 Å². The van der Waals surface area contributed by atoms with E-state index in [1.54, 1.807) is 48.4 Å². The molecule has 6 nitrogen and oxygen atoms in total. The molecule has 0 bridgehead atoms. The Bertz CT molecular complexity index is 902. The summed E-state index contributed by atoms with van der Waals surface area (Å²) in [5.74, 6) is -0.445. The first kappa shape index (κ1) is 19.9. The van der Waals surface area contributed by atoms with Gasteiger partial charge < -0.3 is 10.1 Å². The SMILES string of the molecule is CCN1C(=O)C[C@H](C(=O)Nc2ccccc2F)SC1=Nc1ccc(OC)cc1. The van der Waals surface area contributed by atoms with Gasteiger partial charge in [-0.2, -0.15) is 0 Å². The maximum atomic E-state index is 13.8. The molecule has 2 aromatic carbocycles. The van der Waals surface area contributed by atoms with E-state index in [4.69, 9.17) is 4.74 Å². The summed E-state index contributed by atoms with van der Waals surface area (Å²) in [7, 11) is 1.58. The highest BCUT2D eigenvalue weighted by molar-refractivity contribution is 8.15. The fourth-order valence-corrected chi connectivity index (χ4v) is 3.86. The lowest BCUT2D eigenvalue weighted by atomic mass is 10.2. The Hall–Kier alpha value is -2.87. The number of halogens is 1. The van der Waals surface area contributed by atoms with Crippen LogP contribution in [-0.4, -0.2) is 40.8 Å². The first-order chi connectivity index (χ1) is 13.5. The van der Waals surface area contributed by atoms with Gasteiger partial charge in [0.1, 0.15) is 16.8 Å². The zero-order chi connectivity index (χ0) is 20.1. The van der Waals surface area contributed by atoms with Crippen molar-refractivity contribution in [3.8, 4) is 5.75 Å². The van der Waals surface area contributed by atoms with E-state index in [9.17, 15) is 14.0 Å². The highest BCUT2D eigenvalue weighted by Crippen LogP contribution is 2.30. The van der Waals surface area contributed by atoms with Crippen molar-refractivity contribution < 1.29 is 18.7 Å². The molecule has 1 heterocycles. The minimum Gasteiger partial charge on any atom is -0.497 e. The van der Waals surface area contributed by atoms with Gasteiger partial charge in [-0.1, -0.05) is 23.9 Å². The largest absolute Gasteiger partial charge is 0.497 e. The molecule has 0 radical (unpaired) electrons. The van der Waals surface area contributed by atoms with Crippen molar-refractivity contribution in [3.05, 3.63) is 54.3 Å². The molecule has 1 aliphatic heterocycles. The summed E-state index contributed by atoms with van der Waals surface area (Å²) in [6.07, 6.45) is 0.0282. The van der Waals surface area contributed by atoms with Gasteiger partial charge in [-0.05, 0) is 43.3 Å². The fourth-order valence-electron chi connectivity index (χ4n) is 2.70. The van der Waals surface area contributed by atoms with E-state index in [2.05, 4.69) is 10.3 Å². The molecule has 0 saturated carbocycles. The maximum absolute atomic E-state index is 13.8. The highest BCUT2D eigenvalue weighted by Gasteiger charge is 2.35. The third-order valence-electron chi connectivity index (χ3n) is 4.18. The molecule has 3 rings (SSSR count). The Morgan fingerprint density at radius 1 is 1.29 bits per heavy atom. The second-order valence-corrected chi connectivity index (χ2v) is 7.18. The van der Waals surface area contributed by atoms with Crippen LogP contribution in [0, 0.1) is 5.82 Å². The van der Waals surface area contributed by atoms with E-state index in [1.807, 2.05) is 6.92 Å². The normalized spacial score (nSPS) is 18.2. The number of nitrogens with one attached hydrogen (secondary N) is 1. The van der Waals surface area contributed by atoms with E-state index < -0.39 is 17.0 Å². The number of hydrogen-bond acceptors (Lipinski definition) is 5. The predicted octanol–water partition coefficient (Wildman–Crippen LogP) is 3.81. The van der Waals surface area contributed by atoms with Gasteiger partial charge in [0.2, 0.25) is 11.8 Å². The second-order valence-electron chi connectivity index (χ2n) is 6.01. The number of carbonyl (C=O) groups excluding carboxylic acids is 2. The summed E-state index contributed by atoms with van der Waals surface area (Å²) in [6, 6.07) is 13.0. The molecule has 0 spiro atoms. The summed E-state index contributed by atoms with van der Waals surface area (Å²) < 4.78 is 18.9. The number of para-hydroxylation sites is 1. The molecule has 8 heteroatoms. The monoisotopic (exact) mass is 401 g/mol. The Morgan fingerprint density at radius 3 is 2.64 bits per heavy atom.